The van der Waals surface area contributed by atoms with Gasteiger partial charge >= 0.3 is 0 Å². The van der Waals surface area contributed by atoms with E-state index >= 15 is 0 Å². The number of nitrogens with one attached hydrogen (secondary N) is 1. The number of benzene rings is 3. The zero-order valence-electron chi connectivity index (χ0n) is 19.3. The van der Waals surface area contributed by atoms with E-state index in [1.165, 1.54) is 10.4 Å². The molecule has 0 aromatic heterocycles. The van der Waals surface area contributed by atoms with Gasteiger partial charge in [-0.1, -0.05) is 74.5 Å². The SMILES string of the molecule is C[C@H]1C[C@H](C)CN(S(=O)(=O)c2ccc(F)c(C(=O)NC(c3ccccc3)c3ccccc3)c2)C1. The molecule has 1 fully saturated rings. The minimum absolute atomic E-state index is 0.0728. The first-order valence-electron chi connectivity index (χ1n) is 11.5. The number of carbonyl (C=O) groups is 1. The van der Waals surface area contributed by atoms with Crippen LogP contribution in [0.1, 0.15) is 47.8 Å². The van der Waals surface area contributed by atoms with Crippen LogP contribution in [0.2, 0.25) is 0 Å². The third-order valence-electron chi connectivity index (χ3n) is 6.20. The Bertz CT molecular complexity index is 1200. The van der Waals surface area contributed by atoms with Gasteiger partial charge in [0.05, 0.1) is 16.5 Å². The number of hydrogen-bond acceptors (Lipinski definition) is 3. The second-order valence-corrected chi connectivity index (χ2v) is 11.1. The summed E-state index contributed by atoms with van der Waals surface area (Å²) in [5.41, 5.74) is 1.38. The van der Waals surface area contributed by atoms with E-state index in [0.29, 0.717) is 13.1 Å². The minimum atomic E-state index is -3.85. The highest BCUT2D eigenvalue weighted by Gasteiger charge is 2.32. The Labute approximate surface area is 200 Å². The molecule has 4 rings (SSSR count). The predicted octanol–water partition coefficient (Wildman–Crippen LogP) is 5.01. The van der Waals surface area contributed by atoms with E-state index in [0.717, 1.165) is 29.7 Å². The van der Waals surface area contributed by atoms with Gasteiger partial charge in [0, 0.05) is 13.1 Å². The van der Waals surface area contributed by atoms with Crippen LogP contribution in [0.4, 0.5) is 4.39 Å². The molecule has 1 saturated heterocycles. The summed E-state index contributed by atoms with van der Waals surface area (Å²) in [7, 11) is -3.85. The molecule has 0 unspecified atom stereocenters. The van der Waals surface area contributed by atoms with Gasteiger partial charge in [-0.25, -0.2) is 12.8 Å². The van der Waals surface area contributed by atoms with Crippen LogP contribution in [0, 0.1) is 17.7 Å². The molecule has 1 aliphatic rings. The molecule has 0 radical (unpaired) electrons. The maximum atomic E-state index is 14.8. The van der Waals surface area contributed by atoms with Gasteiger partial charge in [0.1, 0.15) is 5.82 Å². The second-order valence-electron chi connectivity index (χ2n) is 9.14. The van der Waals surface area contributed by atoms with Crippen molar-refractivity contribution in [2.24, 2.45) is 11.8 Å². The second kappa shape index (κ2) is 10.1. The van der Waals surface area contributed by atoms with E-state index in [4.69, 9.17) is 0 Å². The van der Waals surface area contributed by atoms with Crippen LogP contribution in [0.15, 0.2) is 83.8 Å². The summed E-state index contributed by atoms with van der Waals surface area (Å²) in [5, 5.41) is 2.89. The molecule has 2 atom stereocenters. The monoisotopic (exact) mass is 480 g/mol. The van der Waals surface area contributed by atoms with Crippen molar-refractivity contribution in [2.45, 2.75) is 31.2 Å². The van der Waals surface area contributed by atoms with E-state index in [1.54, 1.807) is 0 Å². The Balaban J connectivity index is 1.65. The fourth-order valence-corrected chi connectivity index (χ4v) is 6.36. The highest BCUT2D eigenvalue weighted by molar-refractivity contribution is 7.89. The molecule has 0 bridgehead atoms. The quantitative estimate of drug-likeness (QED) is 0.539. The Hall–Kier alpha value is -3.03. The molecule has 178 valence electrons. The molecule has 1 amide bonds. The molecule has 1 N–H and O–H groups in total. The molecule has 0 spiro atoms. The third-order valence-corrected chi connectivity index (χ3v) is 8.02. The molecule has 34 heavy (non-hydrogen) atoms. The smallest absolute Gasteiger partial charge is 0.255 e. The first-order chi connectivity index (χ1) is 16.3. The highest BCUT2D eigenvalue weighted by Crippen LogP contribution is 2.28. The van der Waals surface area contributed by atoms with Crippen LogP contribution in [0.5, 0.6) is 0 Å². The van der Waals surface area contributed by atoms with Crippen LogP contribution in [0.3, 0.4) is 0 Å². The van der Waals surface area contributed by atoms with Gasteiger partial charge in [0.2, 0.25) is 10.0 Å². The van der Waals surface area contributed by atoms with Gasteiger partial charge in [-0.3, -0.25) is 4.79 Å². The van der Waals surface area contributed by atoms with Gasteiger partial charge < -0.3 is 5.32 Å². The molecular formula is C27H29FN2O3S. The van der Waals surface area contributed by atoms with Crippen LogP contribution >= 0.6 is 0 Å². The Morgan fingerprint density at radius 1 is 0.912 bits per heavy atom. The van der Waals surface area contributed by atoms with Gasteiger partial charge in [-0.15, -0.1) is 0 Å². The number of amides is 1. The standard InChI is InChI=1S/C27H29FN2O3S/c1-19-15-20(2)18-30(17-19)34(32,33)23-13-14-25(28)24(16-23)27(31)29-26(21-9-5-3-6-10-21)22-11-7-4-8-12-22/h3-14,16,19-20,26H,15,17-18H2,1-2H3,(H,29,31)/t19-,20-/m0/s1. The lowest BCUT2D eigenvalue weighted by atomic mass is 9.94. The van der Waals surface area contributed by atoms with E-state index in [1.807, 2.05) is 74.5 Å². The lowest BCUT2D eigenvalue weighted by molar-refractivity contribution is 0.0938. The lowest BCUT2D eigenvalue weighted by Crippen LogP contribution is -2.42. The Morgan fingerprint density at radius 2 is 1.44 bits per heavy atom. The number of sulfonamides is 1. The first-order valence-corrected chi connectivity index (χ1v) is 12.9. The molecule has 1 aliphatic heterocycles. The molecule has 1 heterocycles. The minimum Gasteiger partial charge on any atom is -0.341 e. The zero-order valence-corrected chi connectivity index (χ0v) is 20.1. The molecule has 7 heteroatoms. The summed E-state index contributed by atoms with van der Waals surface area (Å²) in [6, 6.07) is 21.7. The van der Waals surface area contributed by atoms with Gasteiger partial charge in [-0.2, -0.15) is 4.31 Å². The highest BCUT2D eigenvalue weighted by atomic mass is 32.2. The van der Waals surface area contributed by atoms with Crippen LogP contribution in [-0.4, -0.2) is 31.7 Å². The molecule has 0 aliphatic carbocycles. The van der Waals surface area contributed by atoms with Crippen molar-refractivity contribution in [3.8, 4) is 0 Å². The maximum Gasteiger partial charge on any atom is 0.255 e. The molecule has 3 aromatic rings. The Kier molecular flexibility index (Phi) is 7.14. The van der Waals surface area contributed by atoms with E-state index in [2.05, 4.69) is 5.32 Å². The zero-order chi connectivity index (χ0) is 24.3. The third kappa shape index (κ3) is 5.21. The average molecular weight is 481 g/mol. The van der Waals surface area contributed by atoms with Crippen molar-refractivity contribution in [1.29, 1.82) is 0 Å². The van der Waals surface area contributed by atoms with Gasteiger partial charge in [0.25, 0.3) is 5.91 Å². The molecule has 5 nitrogen and oxygen atoms in total. The van der Waals surface area contributed by atoms with Crippen LogP contribution in [0.25, 0.3) is 0 Å². The van der Waals surface area contributed by atoms with Crippen molar-refractivity contribution >= 4 is 15.9 Å². The largest absolute Gasteiger partial charge is 0.341 e. The van der Waals surface area contributed by atoms with Crippen LogP contribution < -0.4 is 5.32 Å². The van der Waals surface area contributed by atoms with Crippen molar-refractivity contribution in [3.05, 3.63) is 101 Å². The summed E-state index contributed by atoms with van der Waals surface area (Å²) < 4.78 is 42.8. The lowest BCUT2D eigenvalue weighted by Gasteiger charge is -2.34. The predicted molar refractivity (Wildman–Crippen MR) is 130 cm³/mol. The number of rotatable bonds is 6. The topological polar surface area (TPSA) is 66.5 Å². The summed E-state index contributed by atoms with van der Waals surface area (Å²) in [4.78, 5) is 13.1. The number of nitrogens with zero attached hydrogens (tertiary/aromatic N) is 1. The Morgan fingerprint density at radius 3 is 1.97 bits per heavy atom. The summed E-state index contributed by atoms with van der Waals surface area (Å²) >= 11 is 0. The maximum absolute atomic E-state index is 14.8. The summed E-state index contributed by atoms with van der Waals surface area (Å²) in [6.07, 6.45) is 0.962. The fraction of sp³-hybridized carbons (Fsp3) is 0.296. The van der Waals surface area contributed by atoms with Gasteiger partial charge in [0.15, 0.2) is 0 Å². The van der Waals surface area contributed by atoms with Gasteiger partial charge in [-0.05, 0) is 47.6 Å². The summed E-state index contributed by atoms with van der Waals surface area (Å²) in [6.45, 7) is 4.87. The fourth-order valence-electron chi connectivity index (χ4n) is 4.65. The first kappa shape index (κ1) is 24.1. The normalized spacial score (nSPS) is 19.2. The van der Waals surface area contributed by atoms with E-state index < -0.39 is 27.8 Å². The van der Waals surface area contributed by atoms with Crippen molar-refractivity contribution < 1.29 is 17.6 Å². The molecular weight excluding hydrogens is 451 g/mol. The van der Waals surface area contributed by atoms with Crippen LogP contribution in [-0.2, 0) is 10.0 Å². The van der Waals surface area contributed by atoms with E-state index in [-0.39, 0.29) is 22.3 Å². The van der Waals surface area contributed by atoms with E-state index in [9.17, 15) is 17.6 Å². The number of halogens is 1. The van der Waals surface area contributed by atoms with Crippen molar-refractivity contribution in [1.82, 2.24) is 9.62 Å². The van der Waals surface area contributed by atoms with Crippen molar-refractivity contribution in [3.63, 3.8) is 0 Å². The average Bonchev–Trinajstić information content (AvgIpc) is 2.83. The summed E-state index contributed by atoms with van der Waals surface area (Å²) in [5.74, 6) is -0.970. The molecule has 3 aromatic carbocycles. The number of carbonyl (C=O) groups excluding carboxylic acids is 1. The molecule has 0 saturated carbocycles. The number of piperidine rings is 1. The van der Waals surface area contributed by atoms with Crippen molar-refractivity contribution in [2.75, 3.05) is 13.1 Å². The number of hydrogen-bond donors (Lipinski definition) is 1.